The van der Waals surface area contributed by atoms with E-state index in [1.54, 1.807) is 24.5 Å². The van der Waals surface area contributed by atoms with Gasteiger partial charge in [0, 0.05) is 24.0 Å². The van der Waals surface area contributed by atoms with Gasteiger partial charge in [-0.25, -0.2) is 9.97 Å². The quantitative estimate of drug-likeness (QED) is 0.906. The van der Waals surface area contributed by atoms with Crippen LogP contribution in [-0.4, -0.2) is 27.7 Å². The molecule has 3 rings (SSSR count). The first kappa shape index (κ1) is 14.0. The van der Waals surface area contributed by atoms with Crippen molar-refractivity contribution in [2.45, 2.75) is 38.1 Å². The highest BCUT2D eigenvalue weighted by molar-refractivity contribution is 5.58. The van der Waals surface area contributed by atoms with E-state index in [0.29, 0.717) is 11.9 Å². The summed E-state index contributed by atoms with van der Waals surface area (Å²) < 4.78 is 0. The van der Waals surface area contributed by atoms with E-state index in [2.05, 4.69) is 21.4 Å². The maximum atomic E-state index is 9.92. The Kier molecular flexibility index (Phi) is 4.46. The molecule has 2 aromatic rings. The molecule has 110 valence electrons. The summed E-state index contributed by atoms with van der Waals surface area (Å²) in [4.78, 5) is 8.49. The fourth-order valence-electron chi connectivity index (χ4n) is 2.91. The number of nitrogens with one attached hydrogen (secondary N) is 1. The molecule has 2 heterocycles. The molecule has 0 aliphatic carbocycles. The Labute approximate surface area is 125 Å². The number of hydrogen-bond donors (Lipinski definition) is 2. The largest absolute Gasteiger partial charge is 0.508 e. The molecular weight excluding hydrogens is 262 g/mol. The number of piperidine rings is 1. The van der Waals surface area contributed by atoms with E-state index in [0.717, 1.165) is 30.5 Å². The molecule has 0 bridgehead atoms. The number of benzene rings is 1. The second-order valence-corrected chi connectivity index (χ2v) is 5.65. The van der Waals surface area contributed by atoms with Gasteiger partial charge in [0.15, 0.2) is 5.82 Å². The Morgan fingerprint density at radius 2 is 2.00 bits per heavy atom. The third-order valence-electron chi connectivity index (χ3n) is 4.00. The van der Waals surface area contributed by atoms with E-state index in [4.69, 9.17) is 0 Å². The minimum Gasteiger partial charge on any atom is -0.508 e. The molecule has 1 aliphatic rings. The van der Waals surface area contributed by atoms with Gasteiger partial charge >= 0.3 is 0 Å². The van der Waals surface area contributed by atoms with Gasteiger partial charge in [-0.15, -0.1) is 0 Å². The fraction of sp³-hybridized carbons (Fsp3) is 0.412. The molecule has 0 radical (unpaired) electrons. The average molecular weight is 283 g/mol. The van der Waals surface area contributed by atoms with E-state index in [9.17, 15) is 5.11 Å². The van der Waals surface area contributed by atoms with Gasteiger partial charge in [-0.2, -0.15) is 0 Å². The fourth-order valence-corrected chi connectivity index (χ4v) is 2.91. The molecule has 2 N–H and O–H groups in total. The number of phenols is 1. The molecule has 4 nitrogen and oxygen atoms in total. The molecule has 21 heavy (non-hydrogen) atoms. The first-order chi connectivity index (χ1) is 10.3. The monoisotopic (exact) mass is 283 g/mol. The zero-order chi connectivity index (χ0) is 14.5. The molecular formula is C17H21N3O. The van der Waals surface area contributed by atoms with Crippen LogP contribution >= 0.6 is 0 Å². The number of phenolic OH excluding ortho intramolecular Hbond substituents is 1. The molecule has 1 aromatic heterocycles. The lowest BCUT2D eigenvalue weighted by Crippen LogP contribution is -2.34. The lowest BCUT2D eigenvalue weighted by atomic mass is 9.97. The second kappa shape index (κ2) is 6.68. The third kappa shape index (κ3) is 3.79. The van der Waals surface area contributed by atoms with E-state index in [1.165, 1.54) is 19.3 Å². The van der Waals surface area contributed by atoms with E-state index >= 15 is 0 Å². The molecule has 1 saturated heterocycles. The summed E-state index contributed by atoms with van der Waals surface area (Å²) in [6.07, 6.45) is 9.38. The number of hydrogen-bond acceptors (Lipinski definition) is 4. The van der Waals surface area contributed by atoms with Gasteiger partial charge in [0.25, 0.3) is 0 Å². The van der Waals surface area contributed by atoms with Gasteiger partial charge in [0.1, 0.15) is 5.75 Å². The number of nitrogens with zero attached hydrogens (tertiary/aromatic N) is 2. The number of aromatic nitrogens is 2. The van der Waals surface area contributed by atoms with Crippen LogP contribution in [0.15, 0.2) is 36.7 Å². The summed E-state index contributed by atoms with van der Waals surface area (Å²) in [6.45, 7) is 1.13. The first-order valence-electron chi connectivity index (χ1n) is 7.65. The standard InChI is InChI=1S/C17H21N3O/c21-16-11-13(5-6-15-4-1-2-7-18-15)10-14(12-16)17-19-8-3-9-20-17/h3,8-12,15,18,21H,1-2,4-7H2. The highest BCUT2D eigenvalue weighted by atomic mass is 16.3. The van der Waals surface area contributed by atoms with Crippen molar-refractivity contribution in [3.05, 3.63) is 42.2 Å². The predicted molar refractivity (Wildman–Crippen MR) is 83.1 cm³/mol. The topological polar surface area (TPSA) is 58.0 Å². The van der Waals surface area contributed by atoms with Crippen LogP contribution in [0.5, 0.6) is 5.75 Å². The van der Waals surface area contributed by atoms with Crippen molar-refractivity contribution in [2.75, 3.05) is 6.54 Å². The number of rotatable bonds is 4. The van der Waals surface area contributed by atoms with E-state index < -0.39 is 0 Å². The van der Waals surface area contributed by atoms with Crippen LogP contribution < -0.4 is 5.32 Å². The van der Waals surface area contributed by atoms with Gasteiger partial charge < -0.3 is 10.4 Å². The van der Waals surface area contributed by atoms with Crippen molar-refractivity contribution in [3.63, 3.8) is 0 Å². The van der Waals surface area contributed by atoms with Crippen molar-refractivity contribution in [1.29, 1.82) is 0 Å². The Bertz CT molecular complexity index is 580. The summed E-state index contributed by atoms with van der Waals surface area (Å²) in [5.74, 6) is 0.942. The third-order valence-corrected chi connectivity index (χ3v) is 4.00. The second-order valence-electron chi connectivity index (χ2n) is 5.65. The van der Waals surface area contributed by atoms with Crippen LogP contribution in [0.4, 0.5) is 0 Å². The summed E-state index contributed by atoms with van der Waals surface area (Å²) in [7, 11) is 0. The van der Waals surface area contributed by atoms with E-state index in [-0.39, 0.29) is 5.75 Å². The molecule has 1 unspecified atom stereocenters. The molecule has 1 aromatic carbocycles. The molecule has 1 aliphatic heterocycles. The van der Waals surface area contributed by atoms with Gasteiger partial charge in [-0.05, 0) is 62.1 Å². The summed E-state index contributed by atoms with van der Waals surface area (Å²) >= 11 is 0. The molecule has 0 spiro atoms. The zero-order valence-corrected chi connectivity index (χ0v) is 12.1. The van der Waals surface area contributed by atoms with Crippen LogP contribution in [0.2, 0.25) is 0 Å². The maximum absolute atomic E-state index is 9.92. The van der Waals surface area contributed by atoms with Crippen LogP contribution in [-0.2, 0) is 6.42 Å². The Morgan fingerprint density at radius 3 is 2.76 bits per heavy atom. The Morgan fingerprint density at radius 1 is 1.14 bits per heavy atom. The smallest absolute Gasteiger partial charge is 0.159 e. The van der Waals surface area contributed by atoms with Crippen molar-refractivity contribution in [1.82, 2.24) is 15.3 Å². The van der Waals surface area contributed by atoms with Crippen LogP contribution in [0.1, 0.15) is 31.2 Å². The van der Waals surface area contributed by atoms with E-state index in [1.807, 2.05) is 6.07 Å². The van der Waals surface area contributed by atoms with Gasteiger partial charge in [0.2, 0.25) is 0 Å². The van der Waals surface area contributed by atoms with Crippen LogP contribution in [0.3, 0.4) is 0 Å². The molecule has 4 heteroatoms. The van der Waals surface area contributed by atoms with Crippen LogP contribution in [0.25, 0.3) is 11.4 Å². The summed E-state index contributed by atoms with van der Waals surface area (Å²) in [5, 5.41) is 13.5. The minimum atomic E-state index is 0.284. The lowest BCUT2D eigenvalue weighted by molar-refractivity contribution is 0.382. The molecule has 1 atom stereocenters. The lowest BCUT2D eigenvalue weighted by Gasteiger charge is -2.23. The molecule has 0 amide bonds. The Hall–Kier alpha value is -1.94. The highest BCUT2D eigenvalue weighted by Crippen LogP contribution is 2.24. The minimum absolute atomic E-state index is 0.284. The normalized spacial score (nSPS) is 18.6. The maximum Gasteiger partial charge on any atom is 0.159 e. The number of aromatic hydroxyl groups is 1. The highest BCUT2D eigenvalue weighted by Gasteiger charge is 2.13. The first-order valence-corrected chi connectivity index (χ1v) is 7.65. The SMILES string of the molecule is Oc1cc(CCC2CCCCN2)cc(-c2ncccn2)c1. The van der Waals surface area contributed by atoms with Crippen molar-refractivity contribution in [3.8, 4) is 17.1 Å². The van der Waals surface area contributed by atoms with Crippen LogP contribution in [0, 0.1) is 0 Å². The van der Waals surface area contributed by atoms with Gasteiger partial charge in [-0.1, -0.05) is 6.42 Å². The Balaban J connectivity index is 1.72. The van der Waals surface area contributed by atoms with Crippen molar-refractivity contribution in [2.24, 2.45) is 0 Å². The summed E-state index contributed by atoms with van der Waals surface area (Å²) in [6, 6.07) is 8.05. The van der Waals surface area contributed by atoms with Gasteiger partial charge in [0.05, 0.1) is 0 Å². The average Bonchev–Trinajstić information content (AvgIpc) is 2.54. The zero-order valence-electron chi connectivity index (χ0n) is 12.1. The molecule has 0 saturated carbocycles. The molecule has 1 fully saturated rings. The summed E-state index contributed by atoms with van der Waals surface area (Å²) in [5.41, 5.74) is 2.02. The predicted octanol–water partition coefficient (Wildman–Crippen LogP) is 2.92. The number of aryl methyl sites for hydroxylation is 1. The van der Waals surface area contributed by atoms with Crippen molar-refractivity contribution < 1.29 is 5.11 Å². The van der Waals surface area contributed by atoms with Crippen molar-refractivity contribution >= 4 is 0 Å². The van der Waals surface area contributed by atoms with Gasteiger partial charge in [-0.3, -0.25) is 0 Å².